The van der Waals surface area contributed by atoms with Crippen molar-refractivity contribution in [3.8, 4) is 0 Å². The molecule has 1 heterocycles. The molecule has 60 valence electrons. The molecule has 5 heteroatoms. The van der Waals surface area contributed by atoms with Gasteiger partial charge in [-0.2, -0.15) is 0 Å². The lowest BCUT2D eigenvalue weighted by Crippen LogP contribution is -2.39. The van der Waals surface area contributed by atoms with Crippen molar-refractivity contribution in [2.24, 2.45) is 7.05 Å². The summed E-state index contributed by atoms with van der Waals surface area (Å²) in [5.74, 6) is 0. The minimum absolute atomic E-state index is 0.304. The summed E-state index contributed by atoms with van der Waals surface area (Å²) < 4.78 is 2.25. The molecule has 0 saturated carbocycles. The second kappa shape index (κ2) is 2.61. The van der Waals surface area contributed by atoms with Gasteiger partial charge >= 0.3 is 5.69 Å². The van der Waals surface area contributed by atoms with E-state index in [-0.39, 0.29) is 11.2 Å². The van der Waals surface area contributed by atoms with E-state index < -0.39 is 0 Å². The molecule has 0 saturated heterocycles. The molecule has 0 bridgehead atoms. The molecule has 0 atom stereocenters. The molecule has 5 nitrogen and oxygen atoms in total. The fraction of sp³-hybridized carbons (Fsp3) is 0.333. The normalized spacial score (nSPS) is 9.64. The third kappa shape index (κ3) is 1.17. The zero-order valence-corrected chi connectivity index (χ0v) is 6.37. The molecule has 1 N–H and O–H groups in total. The maximum absolute atomic E-state index is 11.1. The Hall–Kier alpha value is -1.52. The summed E-state index contributed by atoms with van der Waals surface area (Å²) in [7, 11) is 3.03. The lowest BCUT2D eigenvalue weighted by Gasteiger charge is -2.03. The van der Waals surface area contributed by atoms with Crippen LogP contribution >= 0.6 is 0 Å². The highest BCUT2D eigenvalue weighted by molar-refractivity contribution is 4.86. The van der Waals surface area contributed by atoms with E-state index in [0.717, 1.165) is 4.57 Å². The molecule has 0 aliphatic heterocycles. The predicted octanol–water partition coefficient (Wildman–Crippen LogP) is -1.28. The summed E-state index contributed by atoms with van der Waals surface area (Å²) in [5.41, 5.74) is 1.93. The molecule has 0 spiro atoms. The van der Waals surface area contributed by atoms with Crippen molar-refractivity contribution in [1.29, 1.82) is 0 Å². The summed E-state index contributed by atoms with van der Waals surface area (Å²) in [5, 5.41) is 0. The van der Waals surface area contributed by atoms with Gasteiger partial charge in [0.1, 0.15) is 0 Å². The van der Waals surface area contributed by atoms with Crippen LogP contribution in [0.4, 0.5) is 0 Å². The third-order valence-corrected chi connectivity index (χ3v) is 1.43. The Kier molecular flexibility index (Phi) is 1.80. The highest BCUT2D eigenvalue weighted by atomic mass is 16.2. The quantitative estimate of drug-likeness (QED) is 0.549. The smallest absolute Gasteiger partial charge is 0.325 e. The van der Waals surface area contributed by atoms with Crippen LogP contribution in [0, 0.1) is 0 Å². The van der Waals surface area contributed by atoms with Crippen molar-refractivity contribution in [2.45, 2.75) is 0 Å². The van der Waals surface area contributed by atoms with Crippen LogP contribution in [0.2, 0.25) is 0 Å². The van der Waals surface area contributed by atoms with Gasteiger partial charge in [-0.05, 0) is 0 Å². The summed E-state index contributed by atoms with van der Waals surface area (Å²) in [4.78, 5) is 21.9. The topological polar surface area (TPSA) is 56.0 Å². The number of rotatable bonds is 1. The van der Waals surface area contributed by atoms with Gasteiger partial charge in [0.2, 0.25) is 0 Å². The van der Waals surface area contributed by atoms with Crippen molar-refractivity contribution >= 4 is 0 Å². The Bertz CT molecular complexity index is 363. The maximum atomic E-state index is 11.1. The van der Waals surface area contributed by atoms with E-state index in [4.69, 9.17) is 0 Å². The SMILES string of the molecule is CNn1ccc(=O)n(C)c1=O. The Labute approximate surface area is 62.9 Å². The van der Waals surface area contributed by atoms with Crippen LogP contribution in [0.1, 0.15) is 0 Å². The molecular weight excluding hydrogens is 146 g/mol. The summed E-state index contributed by atoms with van der Waals surface area (Å²) in [6, 6.07) is 1.32. The molecule has 0 aliphatic rings. The summed E-state index contributed by atoms with van der Waals surface area (Å²) >= 11 is 0. The molecule has 0 aromatic carbocycles. The van der Waals surface area contributed by atoms with Crippen LogP contribution in [0.3, 0.4) is 0 Å². The van der Waals surface area contributed by atoms with Crippen molar-refractivity contribution in [2.75, 3.05) is 12.5 Å². The van der Waals surface area contributed by atoms with Gasteiger partial charge in [0, 0.05) is 26.4 Å². The van der Waals surface area contributed by atoms with Crippen molar-refractivity contribution in [1.82, 2.24) is 9.24 Å². The molecule has 0 unspecified atom stereocenters. The van der Waals surface area contributed by atoms with E-state index >= 15 is 0 Å². The minimum Gasteiger partial charge on any atom is -0.325 e. The lowest BCUT2D eigenvalue weighted by molar-refractivity contribution is 0.693. The molecule has 0 fully saturated rings. The average molecular weight is 155 g/mol. The monoisotopic (exact) mass is 155 g/mol. The predicted molar refractivity (Wildman–Crippen MR) is 41.2 cm³/mol. The molecule has 0 aliphatic carbocycles. The van der Waals surface area contributed by atoms with Gasteiger partial charge < -0.3 is 5.43 Å². The van der Waals surface area contributed by atoms with Crippen LogP contribution in [-0.4, -0.2) is 16.3 Å². The highest BCUT2D eigenvalue weighted by Crippen LogP contribution is 1.67. The number of hydrogen-bond donors (Lipinski definition) is 1. The number of hydrogen-bond acceptors (Lipinski definition) is 3. The zero-order chi connectivity index (χ0) is 8.43. The first-order valence-electron chi connectivity index (χ1n) is 3.13. The van der Waals surface area contributed by atoms with E-state index in [1.165, 1.54) is 24.0 Å². The highest BCUT2D eigenvalue weighted by Gasteiger charge is 1.96. The van der Waals surface area contributed by atoms with Crippen LogP contribution in [-0.2, 0) is 7.05 Å². The molecule has 11 heavy (non-hydrogen) atoms. The van der Waals surface area contributed by atoms with Crippen molar-refractivity contribution in [3.63, 3.8) is 0 Å². The summed E-state index contributed by atoms with van der Waals surface area (Å²) in [6.07, 6.45) is 1.39. The molecule has 1 aromatic rings. The minimum atomic E-state index is -0.375. The first-order valence-corrected chi connectivity index (χ1v) is 3.13. The van der Waals surface area contributed by atoms with Gasteiger partial charge in [0.05, 0.1) is 0 Å². The Balaban J connectivity index is 3.50. The molecule has 1 aromatic heterocycles. The van der Waals surface area contributed by atoms with Crippen LogP contribution < -0.4 is 16.7 Å². The third-order valence-electron chi connectivity index (χ3n) is 1.43. The van der Waals surface area contributed by atoms with E-state index in [1.807, 2.05) is 0 Å². The number of nitrogens with zero attached hydrogens (tertiary/aromatic N) is 2. The molecular formula is C6H9N3O2. The molecule has 0 radical (unpaired) electrons. The Morgan fingerprint density at radius 1 is 1.45 bits per heavy atom. The zero-order valence-electron chi connectivity index (χ0n) is 6.37. The van der Waals surface area contributed by atoms with E-state index in [0.29, 0.717) is 0 Å². The summed E-state index contributed by atoms with van der Waals surface area (Å²) in [6.45, 7) is 0. The van der Waals surface area contributed by atoms with Gasteiger partial charge in [0.25, 0.3) is 5.56 Å². The number of aromatic nitrogens is 2. The largest absolute Gasteiger partial charge is 0.349 e. The van der Waals surface area contributed by atoms with Gasteiger partial charge in [-0.1, -0.05) is 0 Å². The van der Waals surface area contributed by atoms with Crippen LogP contribution in [0.5, 0.6) is 0 Å². The van der Waals surface area contributed by atoms with Gasteiger partial charge in [-0.25, -0.2) is 9.47 Å². The fourth-order valence-corrected chi connectivity index (χ4v) is 0.740. The molecule has 0 amide bonds. The van der Waals surface area contributed by atoms with E-state index in [9.17, 15) is 9.59 Å². The first-order chi connectivity index (χ1) is 5.16. The Morgan fingerprint density at radius 2 is 2.09 bits per heavy atom. The van der Waals surface area contributed by atoms with E-state index in [2.05, 4.69) is 5.43 Å². The average Bonchev–Trinajstić information content (AvgIpc) is 2.01. The fourth-order valence-electron chi connectivity index (χ4n) is 0.740. The van der Waals surface area contributed by atoms with Crippen LogP contribution in [0.15, 0.2) is 21.9 Å². The Morgan fingerprint density at radius 3 is 2.64 bits per heavy atom. The van der Waals surface area contributed by atoms with Crippen molar-refractivity contribution in [3.05, 3.63) is 33.1 Å². The maximum Gasteiger partial charge on any atom is 0.349 e. The van der Waals surface area contributed by atoms with Gasteiger partial charge in [-0.3, -0.25) is 9.36 Å². The second-order valence-corrected chi connectivity index (χ2v) is 2.09. The van der Waals surface area contributed by atoms with Crippen LogP contribution in [0.25, 0.3) is 0 Å². The molecule has 1 rings (SSSR count). The first kappa shape index (κ1) is 7.59. The van der Waals surface area contributed by atoms with Crippen molar-refractivity contribution < 1.29 is 0 Å². The van der Waals surface area contributed by atoms with Gasteiger partial charge in [0.15, 0.2) is 0 Å². The lowest BCUT2D eigenvalue weighted by atomic mass is 10.6. The standard InChI is InChI=1S/C6H9N3O2/c1-7-9-4-3-5(10)8(2)6(9)11/h3-4,7H,1-2H3. The van der Waals surface area contributed by atoms with Gasteiger partial charge in [-0.15, -0.1) is 0 Å². The van der Waals surface area contributed by atoms with E-state index in [1.54, 1.807) is 7.05 Å². The number of nitrogens with one attached hydrogen (secondary N) is 1. The second-order valence-electron chi connectivity index (χ2n) is 2.09.